The summed E-state index contributed by atoms with van der Waals surface area (Å²) >= 11 is 0. The van der Waals surface area contributed by atoms with E-state index in [1.807, 2.05) is 35.9 Å². The number of hydrogen-bond donors (Lipinski definition) is 1. The topological polar surface area (TPSA) is 74.1 Å². The van der Waals surface area contributed by atoms with Crippen LogP contribution in [0.1, 0.15) is 21.6 Å². The molecule has 0 radical (unpaired) electrons. The summed E-state index contributed by atoms with van der Waals surface area (Å²) in [5.41, 5.74) is 3.94. The molecule has 2 heterocycles. The Labute approximate surface area is 180 Å². The molecular formula is C24H23N3O4. The van der Waals surface area contributed by atoms with Gasteiger partial charge in [0, 0.05) is 24.0 Å². The van der Waals surface area contributed by atoms with Crippen molar-refractivity contribution in [2.24, 2.45) is 0 Å². The fourth-order valence-corrected chi connectivity index (χ4v) is 3.23. The molecule has 0 fully saturated rings. The van der Waals surface area contributed by atoms with Crippen LogP contribution in [0.25, 0.3) is 5.65 Å². The zero-order valence-corrected chi connectivity index (χ0v) is 17.6. The molecule has 7 nitrogen and oxygen atoms in total. The molecule has 4 aromatic rings. The molecular weight excluding hydrogens is 394 g/mol. The van der Waals surface area contributed by atoms with Crippen molar-refractivity contribution < 1.29 is 19.0 Å². The van der Waals surface area contributed by atoms with Crippen LogP contribution < -0.4 is 19.5 Å². The van der Waals surface area contributed by atoms with E-state index >= 15 is 0 Å². The lowest BCUT2D eigenvalue weighted by Gasteiger charge is -2.12. The van der Waals surface area contributed by atoms with Gasteiger partial charge in [-0.15, -0.1) is 0 Å². The minimum atomic E-state index is -0.245. The van der Waals surface area contributed by atoms with Gasteiger partial charge in [0.05, 0.1) is 25.6 Å². The Morgan fingerprint density at radius 1 is 1.03 bits per heavy atom. The predicted octanol–water partition coefficient (Wildman–Crippen LogP) is 4.49. The SMILES string of the molecule is COc1ccc(NC(=O)c2ccc(OCc3cn4cccc(C)c4n3)cc2)c(OC)c1. The van der Waals surface area contributed by atoms with Gasteiger partial charge in [-0.2, -0.15) is 0 Å². The molecule has 31 heavy (non-hydrogen) atoms. The molecule has 0 aliphatic heterocycles. The molecule has 2 aromatic heterocycles. The molecule has 0 saturated carbocycles. The van der Waals surface area contributed by atoms with Crippen molar-refractivity contribution in [1.82, 2.24) is 9.38 Å². The average molecular weight is 417 g/mol. The van der Waals surface area contributed by atoms with E-state index in [0.29, 0.717) is 35.1 Å². The van der Waals surface area contributed by atoms with Crippen LogP contribution in [0.4, 0.5) is 5.69 Å². The van der Waals surface area contributed by atoms with Gasteiger partial charge in [-0.05, 0) is 55.0 Å². The number of imidazole rings is 1. The van der Waals surface area contributed by atoms with E-state index in [-0.39, 0.29) is 5.91 Å². The molecule has 0 unspecified atom stereocenters. The Morgan fingerprint density at radius 2 is 1.81 bits per heavy atom. The summed E-state index contributed by atoms with van der Waals surface area (Å²) < 4.78 is 18.3. The van der Waals surface area contributed by atoms with Crippen LogP contribution in [-0.4, -0.2) is 29.5 Å². The second-order valence-corrected chi connectivity index (χ2v) is 6.99. The Hall–Kier alpha value is -4.00. The number of aryl methyl sites for hydroxylation is 1. The van der Waals surface area contributed by atoms with Crippen molar-refractivity contribution in [2.45, 2.75) is 13.5 Å². The van der Waals surface area contributed by atoms with Gasteiger partial charge < -0.3 is 23.9 Å². The van der Waals surface area contributed by atoms with E-state index in [1.165, 1.54) is 0 Å². The maximum Gasteiger partial charge on any atom is 0.255 e. The number of carbonyl (C=O) groups excluding carboxylic acids is 1. The van der Waals surface area contributed by atoms with Crippen molar-refractivity contribution in [3.05, 3.63) is 83.8 Å². The van der Waals surface area contributed by atoms with Gasteiger partial charge in [0.2, 0.25) is 0 Å². The van der Waals surface area contributed by atoms with Crippen LogP contribution in [0.2, 0.25) is 0 Å². The monoisotopic (exact) mass is 417 g/mol. The number of fused-ring (bicyclic) bond motifs is 1. The van der Waals surface area contributed by atoms with Crippen molar-refractivity contribution in [2.75, 3.05) is 19.5 Å². The predicted molar refractivity (Wildman–Crippen MR) is 118 cm³/mol. The number of amides is 1. The first-order chi connectivity index (χ1) is 15.1. The van der Waals surface area contributed by atoms with Gasteiger partial charge in [-0.3, -0.25) is 4.79 Å². The second kappa shape index (κ2) is 8.79. The first kappa shape index (κ1) is 20.3. The Kier molecular flexibility index (Phi) is 5.75. The third-order valence-electron chi connectivity index (χ3n) is 4.89. The molecule has 7 heteroatoms. The van der Waals surface area contributed by atoms with E-state index in [9.17, 15) is 4.79 Å². The van der Waals surface area contributed by atoms with Crippen molar-refractivity contribution in [1.29, 1.82) is 0 Å². The quantitative estimate of drug-likeness (QED) is 0.480. The molecule has 1 amide bonds. The van der Waals surface area contributed by atoms with Crippen LogP contribution in [-0.2, 0) is 6.61 Å². The number of nitrogens with zero attached hydrogens (tertiary/aromatic N) is 2. The number of carbonyl (C=O) groups is 1. The normalized spacial score (nSPS) is 10.7. The Balaban J connectivity index is 1.40. The first-order valence-corrected chi connectivity index (χ1v) is 9.77. The van der Waals surface area contributed by atoms with Crippen molar-refractivity contribution >= 4 is 17.2 Å². The first-order valence-electron chi connectivity index (χ1n) is 9.77. The molecule has 0 spiro atoms. The number of methoxy groups -OCH3 is 2. The maximum atomic E-state index is 12.6. The molecule has 4 rings (SSSR count). The van der Waals surface area contributed by atoms with Gasteiger partial charge in [-0.25, -0.2) is 4.98 Å². The molecule has 0 atom stereocenters. The average Bonchev–Trinajstić information content (AvgIpc) is 3.23. The fourth-order valence-electron chi connectivity index (χ4n) is 3.23. The van der Waals surface area contributed by atoms with Gasteiger partial charge in [0.25, 0.3) is 5.91 Å². The summed E-state index contributed by atoms with van der Waals surface area (Å²) in [6.45, 7) is 2.37. The maximum absolute atomic E-state index is 12.6. The summed E-state index contributed by atoms with van der Waals surface area (Å²) in [5, 5.41) is 2.85. The molecule has 2 aromatic carbocycles. The third kappa shape index (κ3) is 4.45. The molecule has 158 valence electrons. The summed E-state index contributed by atoms with van der Waals surface area (Å²) in [6, 6.07) is 16.2. The highest BCUT2D eigenvalue weighted by atomic mass is 16.5. The number of anilines is 1. The number of hydrogen-bond acceptors (Lipinski definition) is 5. The zero-order valence-electron chi connectivity index (χ0n) is 17.6. The minimum absolute atomic E-state index is 0.245. The minimum Gasteiger partial charge on any atom is -0.497 e. The lowest BCUT2D eigenvalue weighted by atomic mass is 10.2. The van der Waals surface area contributed by atoms with Crippen LogP contribution >= 0.6 is 0 Å². The molecule has 1 N–H and O–H groups in total. The van der Waals surface area contributed by atoms with Crippen LogP contribution in [0, 0.1) is 6.92 Å². The summed E-state index contributed by atoms with van der Waals surface area (Å²) in [6.07, 6.45) is 3.91. The highest BCUT2D eigenvalue weighted by molar-refractivity contribution is 6.05. The second-order valence-electron chi connectivity index (χ2n) is 6.99. The molecule has 0 saturated heterocycles. The lowest BCUT2D eigenvalue weighted by molar-refractivity contribution is 0.102. The van der Waals surface area contributed by atoms with E-state index in [2.05, 4.69) is 10.3 Å². The smallest absolute Gasteiger partial charge is 0.255 e. The highest BCUT2D eigenvalue weighted by Crippen LogP contribution is 2.29. The molecule has 0 aliphatic rings. The summed E-state index contributed by atoms with van der Waals surface area (Å²) in [7, 11) is 3.12. The van der Waals surface area contributed by atoms with Crippen LogP contribution in [0.15, 0.2) is 67.0 Å². The summed E-state index contributed by atoms with van der Waals surface area (Å²) in [4.78, 5) is 17.2. The fraction of sp³-hybridized carbons (Fsp3) is 0.167. The lowest BCUT2D eigenvalue weighted by Crippen LogP contribution is -2.12. The number of nitrogens with one attached hydrogen (secondary N) is 1. The Bertz CT molecular complexity index is 1220. The number of aromatic nitrogens is 2. The van der Waals surface area contributed by atoms with Gasteiger partial charge >= 0.3 is 0 Å². The number of rotatable bonds is 7. The van der Waals surface area contributed by atoms with Crippen molar-refractivity contribution in [3.63, 3.8) is 0 Å². The molecule has 0 aliphatic carbocycles. The number of pyridine rings is 1. The van der Waals surface area contributed by atoms with Crippen LogP contribution in [0.5, 0.6) is 17.2 Å². The van der Waals surface area contributed by atoms with Gasteiger partial charge in [-0.1, -0.05) is 6.07 Å². The highest BCUT2D eigenvalue weighted by Gasteiger charge is 2.11. The summed E-state index contributed by atoms with van der Waals surface area (Å²) in [5.74, 6) is 1.59. The van der Waals surface area contributed by atoms with Crippen LogP contribution in [0.3, 0.4) is 0 Å². The number of ether oxygens (including phenoxy) is 3. The van der Waals surface area contributed by atoms with E-state index in [0.717, 1.165) is 16.9 Å². The van der Waals surface area contributed by atoms with E-state index in [4.69, 9.17) is 14.2 Å². The van der Waals surface area contributed by atoms with Crippen molar-refractivity contribution in [3.8, 4) is 17.2 Å². The molecule has 0 bridgehead atoms. The third-order valence-corrected chi connectivity index (χ3v) is 4.89. The van der Waals surface area contributed by atoms with Gasteiger partial charge in [0.15, 0.2) is 0 Å². The number of benzene rings is 2. The van der Waals surface area contributed by atoms with E-state index < -0.39 is 0 Å². The largest absolute Gasteiger partial charge is 0.497 e. The van der Waals surface area contributed by atoms with E-state index in [1.54, 1.807) is 56.7 Å². The zero-order chi connectivity index (χ0) is 21.8. The van der Waals surface area contributed by atoms with Gasteiger partial charge in [0.1, 0.15) is 29.5 Å². The standard InChI is InChI=1S/C24H23N3O4/c1-16-5-4-12-27-14-18(25-23(16)27)15-31-19-8-6-17(7-9-19)24(28)26-21-11-10-20(29-2)13-22(21)30-3/h4-14H,15H2,1-3H3,(H,26,28). The Morgan fingerprint density at radius 3 is 2.52 bits per heavy atom.